The van der Waals surface area contributed by atoms with Gasteiger partial charge in [0.05, 0.1) is 15.9 Å². The van der Waals surface area contributed by atoms with Crippen molar-refractivity contribution in [1.29, 1.82) is 0 Å². The lowest BCUT2D eigenvalue weighted by Gasteiger charge is -2.15. The summed E-state index contributed by atoms with van der Waals surface area (Å²) >= 11 is 3.60. The van der Waals surface area contributed by atoms with Crippen molar-refractivity contribution in [2.45, 2.75) is 39.2 Å². The topological polar surface area (TPSA) is 29.9 Å². The van der Waals surface area contributed by atoms with Gasteiger partial charge < -0.3 is 5.32 Å². The van der Waals surface area contributed by atoms with E-state index in [1.54, 1.807) is 0 Å². The fourth-order valence-corrected chi connectivity index (χ4v) is 2.33. The molecule has 15 heavy (non-hydrogen) atoms. The lowest BCUT2D eigenvalue weighted by molar-refractivity contribution is 0.497. The summed E-state index contributed by atoms with van der Waals surface area (Å²) in [5.74, 6) is 0. The van der Waals surface area contributed by atoms with E-state index < -0.39 is 0 Å². The Morgan fingerprint density at radius 2 is 2.20 bits per heavy atom. The van der Waals surface area contributed by atoms with Crippen LogP contribution in [0.25, 0.3) is 0 Å². The molecular weight excluding hydrogens is 254 g/mol. The number of halogens is 1. The number of hydrogen-bond acceptors (Lipinski definition) is 2. The maximum atomic E-state index is 4.40. The minimum atomic E-state index is 0.543. The highest BCUT2D eigenvalue weighted by atomic mass is 79.9. The van der Waals surface area contributed by atoms with Crippen LogP contribution < -0.4 is 5.32 Å². The van der Waals surface area contributed by atoms with Crippen LogP contribution in [0.1, 0.15) is 31.2 Å². The summed E-state index contributed by atoms with van der Waals surface area (Å²) in [5.41, 5.74) is 2.35. The average molecular weight is 274 g/mol. The van der Waals surface area contributed by atoms with E-state index >= 15 is 0 Å². The lowest BCUT2D eigenvalue weighted by Crippen LogP contribution is -2.28. The van der Waals surface area contributed by atoms with Crippen LogP contribution in [-0.2, 0) is 13.5 Å². The molecule has 0 bridgehead atoms. The number of likely N-dealkylation sites (N-methyl/N-ethyl adjacent to an activating group) is 1. The van der Waals surface area contributed by atoms with Crippen molar-refractivity contribution >= 4 is 15.9 Å². The van der Waals surface area contributed by atoms with Gasteiger partial charge in [-0.1, -0.05) is 13.3 Å². The highest BCUT2D eigenvalue weighted by Gasteiger charge is 2.14. The van der Waals surface area contributed by atoms with Crippen molar-refractivity contribution in [2.75, 3.05) is 7.05 Å². The molecule has 1 rings (SSSR count). The van der Waals surface area contributed by atoms with E-state index in [-0.39, 0.29) is 0 Å². The molecule has 0 spiro atoms. The van der Waals surface area contributed by atoms with Gasteiger partial charge in [0.1, 0.15) is 0 Å². The Kier molecular flexibility index (Phi) is 4.80. The molecule has 86 valence electrons. The predicted molar refractivity (Wildman–Crippen MR) is 67.1 cm³/mol. The fraction of sp³-hybridized carbons (Fsp3) is 0.727. The molecule has 0 fully saturated rings. The first-order valence-corrected chi connectivity index (χ1v) is 6.24. The molecule has 0 aliphatic carbocycles. The maximum Gasteiger partial charge on any atom is 0.0738 e. The molecule has 1 atom stereocenters. The van der Waals surface area contributed by atoms with Gasteiger partial charge in [0.2, 0.25) is 0 Å². The molecule has 3 nitrogen and oxygen atoms in total. The molecule has 1 heterocycles. The van der Waals surface area contributed by atoms with Gasteiger partial charge >= 0.3 is 0 Å². The normalized spacial score (nSPS) is 13.1. The molecule has 0 aromatic carbocycles. The van der Waals surface area contributed by atoms with Crippen molar-refractivity contribution in [3.8, 4) is 0 Å². The third kappa shape index (κ3) is 3.05. The van der Waals surface area contributed by atoms with Crippen LogP contribution in [0.2, 0.25) is 0 Å². The number of nitrogens with one attached hydrogen (secondary N) is 1. The van der Waals surface area contributed by atoms with E-state index in [4.69, 9.17) is 0 Å². The highest BCUT2D eigenvalue weighted by molar-refractivity contribution is 9.10. The molecule has 0 aliphatic rings. The van der Waals surface area contributed by atoms with Crippen LogP contribution >= 0.6 is 15.9 Å². The summed E-state index contributed by atoms with van der Waals surface area (Å²) in [6, 6.07) is 0.543. The second-order valence-electron chi connectivity index (χ2n) is 3.95. The molecule has 1 N–H and O–H groups in total. The molecule has 4 heteroatoms. The fourth-order valence-electron chi connectivity index (χ4n) is 1.83. The van der Waals surface area contributed by atoms with E-state index in [9.17, 15) is 0 Å². The number of rotatable bonds is 5. The number of aryl methyl sites for hydroxylation is 2. The smallest absolute Gasteiger partial charge is 0.0738 e. The summed E-state index contributed by atoms with van der Waals surface area (Å²) in [6.45, 7) is 4.25. The SMILES string of the molecule is CCCC(Cc1c(Br)c(C)nn1C)NC. The zero-order chi connectivity index (χ0) is 11.4. The van der Waals surface area contributed by atoms with Crippen molar-refractivity contribution in [3.63, 3.8) is 0 Å². The first kappa shape index (κ1) is 12.7. The molecule has 0 saturated heterocycles. The maximum absolute atomic E-state index is 4.40. The Balaban J connectivity index is 2.78. The molecule has 1 unspecified atom stereocenters. The minimum Gasteiger partial charge on any atom is -0.317 e. The van der Waals surface area contributed by atoms with Crippen LogP contribution in [-0.4, -0.2) is 22.9 Å². The van der Waals surface area contributed by atoms with Crippen molar-refractivity contribution in [1.82, 2.24) is 15.1 Å². The number of aromatic nitrogens is 2. The Bertz CT molecular complexity index is 320. The Labute approximate surface area is 100 Å². The van der Waals surface area contributed by atoms with Gasteiger partial charge in [-0.3, -0.25) is 4.68 Å². The molecule has 0 aliphatic heterocycles. The third-order valence-electron chi connectivity index (χ3n) is 2.75. The van der Waals surface area contributed by atoms with Gasteiger partial charge in [-0.05, 0) is 36.3 Å². The first-order chi connectivity index (χ1) is 7.10. The van der Waals surface area contributed by atoms with Gasteiger partial charge in [-0.15, -0.1) is 0 Å². The van der Waals surface area contributed by atoms with Crippen LogP contribution in [0.5, 0.6) is 0 Å². The zero-order valence-corrected chi connectivity index (χ0v) is 11.6. The van der Waals surface area contributed by atoms with Gasteiger partial charge in [-0.25, -0.2) is 0 Å². The Hall–Kier alpha value is -0.350. The molecular formula is C11H20BrN3. The van der Waals surface area contributed by atoms with Gasteiger partial charge in [0.25, 0.3) is 0 Å². The monoisotopic (exact) mass is 273 g/mol. The van der Waals surface area contributed by atoms with Gasteiger partial charge in [0.15, 0.2) is 0 Å². The molecule has 1 aromatic heterocycles. The summed E-state index contributed by atoms with van der Waals surface area (Å²) in [4.78, 5) is 0. The highest BCUT2D eigenvalue weighted by Crippen LogP contribution is 2.22. The van der Waals surface area contributed by atoms with Gasteiger partial charge in [-0.2, -0.15) is 5.10 Å². The first-order valence-electron chi connectivity index (χ1n) is 5.45. The number of nitrogens with zero attached hydrogens (tertiary/aromatic N) is 2. The lowest BCUT2D eigenvalue weighted by atomic mass is 10.1. The largest absolute Gasteiger partial charge is 0.317 e. The standard InChI is InChI=1S/C11H20BrN3/c1-5-6-9(13-3)7-10-11(12)8(2)14-15(10)4/h9,13H,5-7H2,1-4H3. The molecule has 1 aromatic rings. The van der Waals surface area contributed by atoms with E-state index in [1.165, 1.54) is 18.5 Å². The van der Waals surface area contributed by atoms with Crippen molar-refractivity contribution in [3.05, 3.63) is 15.9 Å². The average Bonchev–Trinajstić information content (AvgIpc) is 2.44. The van der Waals surface area contributed by atoms with Crippen LogP contribution in [0.3, 0.4) is 0 Å². The minimum absolute atomic E-state index is 0.543. The molecule has 0 amide bonds. The quantitative estimate of drug-likeness (QED) is 0.893. The summed E-state index contributed by atoms with van der Waals surface area (Å²) < 4.78 is 3.13. The number of hydrogen-bond donors (Lipinski definition) is 1. The van der Waals surface area contributed by atoms with Crippen molar-refractivity contribution in [2.24, 2.45) is 7.05 Å². The predicted octanol–water partition coefficient (Wildman–Crippen LogP) is 2.42. The van der Waals surface area contributed by atoms with E-state index in [0.29, 0.717) is 6.04 Å². The molecule has 0 radical (unpaired) electrons. The van der Waals surface area contributed by atoms with Crippen LogP contribution in [0.15, 0.2) is 4.47 Å². The second-order valence-corrected chi connectivity index (χ2v) is 4.74. The van der Waals surface area contributed by atoms with Crippen molar-refractivity contribution < 1.29 is 0 Å². The molecule has 0 saturated carbocycles. The van der Waals surface area contributed by atoms with Crippen LogP contribution in [0.4, 0.5) is 0 Å². The Morgan fingerprint density at radius 3 is 2.60 bits per heavy atom. The summed E-state index contributed by atoms with van der Waals surface area (Å²) in [5, 5.41) is 7.75. The van der Waals surface area contributed by atoms with E-state index in [2.05, 4.69) is 33.3 Å². The summed E-state index contributed by atoms with van der Waals surface area (Å²) in [6.07, 6.45) is 3.44. The van der Waals surface area contributed by atoms with E-state index in [1.807, 2.05) is 25.7 Å². The van der Waals surface area contributed by atoms with Crippen LogP contribution in [0, 0.1) is 6.92 Å². The summed E-state index contributed by atoms with van der Waals surface area (Å²) in [7, 11) is 4.03. The second kappa shape index (κ2) is 5.66. The van der Waals surface area contributed by atoms with E-state index in [0.717, 1.165) is 16.6 Å². The third-order valence-corrected chi connectivity index (χ3v) is 3.78. The zero-order valence-electron chi connectivity index (χ0n) is 9.97. The Morgan fingerprint density at radius 1 is 1.53 bits per heavy atom. The van der Waals surface area contributed by atoms with Gasteiger partial charge in [0, 0.05) is 19.5 Å².